The highest BCUT2D eigenvalue weighted by molar-refractivity contribution is 5.23. The molecule has 108 valence electrons. The van der Waals surface area contributed by atoms with Crippen molar-refractivity contribution < 1.29 is 0 Å². The fraction of sp³-hybridized carbons (Fsp3) is 0.667. The number of hydrogen-bond donors (Lipinski definition) is 1. The molecule has 0 radical (unpaired) electrons. The Bertz CT molecular complexity index is 326. The summed E-state index contributed by atoms with van der Waals surface area (Å²) in [5.41, 5.74) is 9.01. The van der Waals surface area contributed by atoms with Crippen LogP contribution in [0.25, 0.3) is 0 Å². The minimum absolute atomic E-state index is 0.301. The third-order valence-corrected chi connectivity index (χ3v) is 3.61. The summed E-state index contributed by atoms with van der Waals surface area (Å²) in [6.07, 6.45) is 8.69. The van der Waals surface area contributed by atoms with E-state index in [-0.39, 0.29) is 0 Å². The molecule has 0 saturated heterocycles. The molecule has 0 aliphatic carbocycles. The van der Waals surface area contributed by atoms with Crippen LogP contribution < -0.4 is 5.73 Å². The van der Waals surface area contributed by atoms with E-state index >= 15 is 0 Å². The van der Waals surface area contributed by atoms with Gasteiger partial charge >= 0.3 is 0 Å². The maximum Gasteiger partial charge on any atom is 0.00817 e. The van der Waals surface area contributed by atoms with Crippen LogP contribution >= 0.6 is 0 Å². The van der Waals surface area contributed by atoms with Gasteiger partial charge < -0.3 is 5.73 Å². The molecule has 0 amide bonds. The molecule has 1 nitrogen and oxygen atoms in total. The number of nitrogens with two attached hydrogens (primary N) is 1. The van der Waals surface area contributed by atoms with E-state index in [2.05, 4.69) is 45.0 Å². The fourth-order valence-corrected chi connectivity index (χ4v) is 2.59. The predicted octanol–water partition coefficient (Wildman–Crippen LogP) is 4.73. The highest BCUT2D eigenvalue weighted by atomic mass is 14.6. The summed E-state index contributed by atoms with van der Waals surface area (Å²) in [5, 5.41) is 0. The lowest BCUT2D eigenvalue weighted by atomic mass is 9.97. The lowest BCUT2D eigenvalue weighted by Gasteiger charge is -2.14. The first kappa shape index (κ1) is 16.2. The number of rotatable bonds is 9. The van der Waals surface area contributed by atoms with Gasteiger partial charge in [-0.3, -0.25) is 0 Å². The minimum Gasteiger partial charge on any atom is -0.327 e. The number of unbranched alkanes of at least 4 members (excludes halogenated alkanes) is 3. The summed E-state index contributed by atoms with van der Waals surface area (Å²) in [7, 11) is 0. The average molecular weight is 261 g/mol. The second-order valence-corrected chi connectivity index (χ2v) is 6.22. The molecule has 2 N–H and O–H groups in total. The molecule has 1 rings (SSSR count). The van der Waals surface area contributed by atoms with Crippen LogP contribution in [0.3, 0.4) is 0 Å². The lowest BCUT2D eigenvalue weighted by molar-refractivity contribution is 0.493. The van der Waals surface area contributed by atoms with Gasteiger partial charge in [-0.2, -0.15) is 0 Å². The predicted molar refractivity (Wildman–Crippen MR) is 85.4 cm³/mol. The van der Waals surface area contributed by atoms with Crippen molar-refractivity contribution in [3.63, 3.8) is 0 Å². The van der Waals surface area contributed by atoms with E-state index in [9.17, 15) is 0 Å². The van der Waals surface area contributed by atoms with Gasteiger partial charge in [-0.05, 0) is 42.7 Å². The largest absolute Gasteiger partial charge is 0.327 e. The summed E-state index contributed by atoms with van der Waals surface area (Å²) < 4.78 is 0. The van der Waals surface area contributed by atoms with Crippen molar-refractivity contribution in [3.05, 3.63) is 35.4 Å². The van der Waals surface area contributed by atoms with Crippen molar-refractivity contribution in [1.82, 2.24) is 0 Å². The first-order chi connectivity index (χ1) is 9.11. The van der Waals surface area contributed by atoms with Gasteiger partial charge in [0.1, 0.15) is 0 Å². The quantitative estimate of drug-likeness (QED) is 0.639. The van der Waals surface area contributed by atoms with Gasteiger partial charge in [0.2, 0.25) is 0 Å². The number of hydrogen-bond acceptors (Lipinski definition) is 1. The second-order valence-electron chi connectivity index (χ2n) is 6.22. The molecule has 0 spiro atoms. The van der Waals surface area contributed by atoms with Crippen LogP contribution in [0.2, 0.25) is 0 Å². The highest BCUT2D eigenvalue weighted by Gasteiger charge is 2.06. The molecule has 0 aromatic heterocycles. The SMILES string of the molecule is CCCCCCc1ccc(CC(N)CC(C)C)cc1. The minimum atomic E-state index is 0.301. The summed E-state index contributed by atoms with van der Waals surface area (Å²) in [6, 6.07) is 9.38. The van der Waals surface area contributed by atoms with Gasteiger partial charge in [0.05, 0.1) is 0 Å². The van der Waals surface area contributed by atoms with Crippen LogP contribution in [-0.4, -0.2) is 6.04 Å². The van der Waals surface area contributed by atoms with Crippen molar-refractivity contribution >= 4 is 0 Å². The molecule has 1 aromatic rings. The Morgan fingerprint density at radius 3 is 2.16 bits per heavy atom. The van der Waals surface area contributed by atoms with Crippen molar-refractivity contribution in [2.45, 2.75) is 71.8 Å². The van der Waals surface area contributed by atoms with Crippen LogP contribution in [0, 0.1) is 5.92 Å². The van der Waals surface area contributed by atoms with Crippen molar-refractivity contribution in [2.24, 2.45) is 11.7 Å². The van der Waals surface area contributed by atoms with Gasteiger partial charge in [0, 0.05) is 6.04 Å². The Kier molecular flexibility index (Phi) is 7.81. The van der Waals surface area contributed by atoms with Crippen LogP contribution in [-0.2, 0) is 12.8 Å². The molecular formula is C18H31N. The zero-order valence-corrected chi connectivity index (χ0v) is 13.0. The topological polar surface area (TPSA) is 26.0 Å². The van der Waals surface area contributed by atoms with Crippen molar-refractivity contribution in [2.75, 3.05) is 0 Å². The van der Waals surface area contributed by atoms with E-state index in [4.69, 9.17) is 5.73 Å². The van der Waals surface area contributed by atoms with E-state index in [1.165, 1.54) is 43.2 Å². The van der Waals surface area contributed by atoms with Crippen LogP contribution in [0.1, 0.15) is 64.0 Å². The van der Waals surface area contributed by atoms with E-state index in [0.29, 0.717) is 12.0 Å². The number of benzene rings is 1. The normalized spacial score (nSPS) is 12.9. The standard InChI is InChI=1S/C18H31N/c1-4-5-6-7-8-16-9-11-17(12-10-16)14-18(19)13-15(2)3/h9-12,15,18H,4-8,13-14,19H2,1-3H3. The first-order valence-electron chi connectivity index (χ1n) is 7.95. The first-order valence-corrected chi connectivity index (χ1v) is 7.95. The summed E-state index contributed by atoms with van der Waals surface area (Å²) in [5.74, 6) is 0.688. The van der Waals surface area contributed by atoms with Gasteiger partial charge in [-0.25, -0.2) is 0 Å². The van der Waals surface area contributed by atoms with E-state index < -0.39 is 0 Å². The maximum absolute atomic E-state index is 6.16. The van der Waals surface area contributed by atoms with Crippen LogP contribution in [0.15, 0.2) is 24.3 Å². The highest BCUT2D eigenvalue weighted by Crippen LogP contribution is 2.13. The Morgan fingerprint density at radius 2 is 1.58 bits per heavy atom. The van der Waals surface area contributed by atoms with Crippen LogP contribution in [0.4, 0.5) is 0 Å². The Labute approximate surface area is 119 Å². The summed E-state index contributed by atoms with van der Waals surface area (Å²) in [4.78, 5) is 0. The third kappa shape index (κ3) is 7.37. The average Bonchev–Trinajstić information content (AvgIpc) is 2.35. The van der Waals surface area contributed by atoms with Crippen molar-refractivity contribution in [3.8, 4) is 0 Å². The zero-order chi connectivity index (χ0) is 14.1. The molecule has 0 fully saturated rings. The fourth-order valence-electron chi connectivity index (χ4n) is 2.59. The van der Waals surface area contributed by atoms with Gasteiger partial charge in [-0.1, -0.05) is 64.3 Å². The van der Waals surface area contributed by atoms with Crippen molar-refractivity contribution in [1.29, 1.82) is 0 Å². The zero-order valence-electron chi connectivity index (χ0n) is 13.0. The number of aryl methyl sites for hydroxylation is 1. The lowest BCUT2D eigenvalue weighted by Crippen LogP contribution is -2.24. The third-order valence-electron chi connectivity index (χ3n) is 3.61. The molecule has 0 saturated carbocycles. The molecule has 19 heavy (non-hydrogen) atoms. The van der Waals surface area contributed by atoms with Crippen LogP contribution in [0.5, 0.6) is 0 Å². The molecule has 0 bridgehead atoms. The molecular weight excluding hydrogens is 230 g/mol. The second kappa shape index (κ2) is 9.14. The molecule has 0 aliphatic heterocycles. The van der Waals surface area contributed by atoms with Gasteiger partial charge in [0.15, 0.2) is 0 Å². The van der Waals surface area contributed by atoms with E-state index in [1.807, 2.05) is 0 Å². The molecule has 1 atom stereocenters. The monoisotopic (exact) mass is 261 g/mol. The van der Waals surface area contributed by atoms with Gasteiger partial charge in [0.25, 0.3) is 0 Å². The van der Waals surface area contributed by atoms with E-state index in [1.54, 1.807) is 0 Å². The molecule has 1 heteroatoms. The summed E-state index contributed by atoms with van der Waals surface area (Å²) in [6.45, 7) is 6.73. The smallest absolute Gasteiger partial charge is 0.00817 e. The molecule has 1 aromatic carbocycles. The maximum atomic E-state index is 6.16. The Hall–Kier alpha value is -0.820. The van der Waals surface area contributed by atoms with Gasteiger partial charge in [-0.15, -0.1) is 0 Å². The van der Waals surface area contributed by atoms with E-state index in [0.717, 1.165) is 12.8 Å². The Morgan fingerprint density at radius 1 is 0.947 bits per heavy atom. The Balaban J connectivity index is 2.34. The molecule has 0 aliphatic rings. The molecule has 0 heterocycles. The molecule has 1 unspecified atom stereocenters. The summed E-state index contributed by atoms with van der Waals surface area (Å²) >= 11 is 0.